The van der Waals surface area contributed by atoms with Crippen molar-refractivity contribution in [2.24, 2.45) is 4.99 Å². The van der Waals surface area contributed by atoms with E-state index in [0.717, 1.165) is 5.96 Å². The number of rotatable bonds is 4. The van der Waals surface area contributed by atoms with Gasteiger partial charge in [-0.1, -0.05) is 0 Å². The van der Waals surface area contributed by atoms with E-state index < -0.39 is 5.60 Å². The topological polar surface area (TPSA) is 86.3 Å². The van der Waals surface area contributed by atoms with Crippen LogP contribution in [0.15, 0.2) is 4.99 Å². The standard InChI is InChI=1S/C17H31N5O3/c1-12(2)20-14(23)6-7-18-15-19-10-13-11-21(8-9-22(13)15)16(24)25-17(3,4)5/h12-13H,6-11H2,1-5H3,(H,18,19)(H,20,23). The van der Waals surface area contributed by atoms with Crippen molar-refractivity contribution in [3.63, 3.8) is 0 Å². The van der Waals surface area contributed by atoms with Crippen LogP contribution >= 0.6 is 0 Å². The molecule has 2 heterocycles. The van der Waals surface area contributed by atoms with E-state index in [-0.39, 0.29) is 24.1 Å². The first-order valence-electron chi connectivity index (χ1n) is 8.98. The van der Waals surface area contributed by atoms with Crippen molar-refractivity contribution in [2.75, 3.05) is 32.7 Å². The maximum Gasteiger partial charge on any atom is 0.410 e. The van der Waals surface area contributed by atoms with Gasteiger partial charge in [-0.3, -0.25) is 9.79 Å². The van der Waals surface area contributed by atoms with Crippen LogP contribution in [0.3, 0.4) is 0 Å². The molecule has 2 rings (SSSR count). The van der Waals surface area contributed by atoms with Crippen molar-refractivity contribution in [2.45, 2.75) is 58.7 Å². The minimum absolute atomic E-state index is 0.0346. The number of carbonyl (C=O) groups is 2. The first-order valence-corrected chi connectivity index (χ1v) is 8.98. The molecule has 1 atom stereocenters. The second-order valence-electron chi connectivity index (χ2n) is 7.84. The lowest BCUT2D eigenvalue weighted by atomic mass is 10.2. The van der Waals surface area contributed by atoms with Crippen molar-refractivity contribution >= 4 is 18.0 Å². The zero-order valence-electron chi connectivity index (χ0n) is 16.0. The molecule has 0 aliphatic carbocycles. The number of nitrogens with one attached hydrogen (secondary N) is 2. The van der Waals surface area contributed by atoms with Crippen molar-refractivity contribution < 1.29 is 14.3 Å². The van der Waals surface area contributed by atoms with E-state index >= 15 is 0 Å². The highest BCUT2D eigenvalue weighted by Crippen LogP contribution is 2.18. The summed E-state index contributed by atoms with van der Waals surface area (Å²) in [6.07, 6.45) is 0.152. The number of nitrogens with zero attached hydrogens (tertiary/aromatic N) is 3. The Kier molecular flexibility index (Phi) is 6.13. The molecule has 8 nitrogen and oxygen atoms in total. The Bertz CT molecular complexity index is 527. The number of guanidine groups is 1. The van der Waals surface area contributed by atoms with Crippen LogP contribution in [0.25, 0.3) is 0 Å². The van der Waals surface area contributed by atoms with Gasteiger partial charge in [-0.25, -0.2) is 4.79 Å². The summed E-state index contributed by atoms with van der Waals surface area (Å²) in [5.41, 5.74) is -0.482. The molecule has 0 bridgehead atoms. The largest absolute Gasteiger partial charge is 0.444 e. The molecule has 8 heteroatoms. The maximum atomic E-state index is 12.2. The summed E-state index contributed by atoms with van der Waals surface area (Å²) in [5.74, 6) is 0.860. The minimum atomic E-state index is -0.482. The number of hydrogen-bond acceptors (Lipinski definition) is 6. The van der Waals surface area contributed by atoms with Gasteiger partial charge in [-0.05, 0) is 34.6 Å². The fourth-order valence-corrected chi connectivity index (χ4v) is 2.90. The number of carbonyl (C=O) groups excluding carboxylic acids is 2. The van der Waals surface area contributed by atoms with E-state index in [4.69, 9.17) is 4.74 Å². The molecule has 0 spiro atoms. The molecule has 0 aromatic heterocycles. The zero-order valence-corrected chi connectivity index (χ0v) is 16.0. The highest BCUT2D eigenvalue weighted by Gasteiger charge is 2.36. The molecule has 2 N–H and O–H groups in total. The Hall–Kier alpha value is -1.99. The van der Waals surface area contributed by atoms with Gasteiger partial charge < -0.3 is 25.2 Å². The zero-order chi connectivity index (χ0) is 18.6. The molecule has 0 aromatic rings. The van der Waals surface area contributed by atoms with Crippen LogP contribution in [-0.4, -0.2) is 78.2 Å². The predicted molar refractivity (Wildman–Crippen MR) is 96.5 cm³/mol. The summed E-state index contributed by atoms with van der Waals surface area (Å²) in [5, 5.41) is 6.12. The highest BCUT2D eigenvalue weighted by atomic mass is 16.6. The molecule has 0 aromatic carbocycles. The van der Waals surface area contributed by atoms with E-state index in [9.17, 15) is 9.59 Å². The van der Waals surface area contributed by atoms with Gasteiger partial charge in [0.05, 0.1) is 12.6 Å². The fourth-order valence-electron chi connectivity index (χ4n) is 2.90. The molecule has 25 heavy (non-hydrogen) atoms. The third-order valence-corrected chi connectivity index (χ3v) is 3.94. The van der Waals surface area contributed by atoms with E-state index in [0.29, 0.717) is 39.1 Å². The van der Waals surface area contributed by atoms with Gasteiger partial charge >= 0.3 is 6.09 Å². The fraction of sp³-hybridized carbons (Fsp3) is 0.824. The molecular formula is C17H31N5O3. The number of hydrogen-bond donors (Lipinski definition) is 2. The normalized spacial score (nSPS) is 20.2. The van der Waals surface area contributed by atoms with Crippen LogP contribution in [0.5, 0.6) is 0 Å². The number of ether oxygens (including phenoxy) is 1. The van der Waals surface area contributed by atoms with E-state index in [1.54, 1.807) is 4.90 Å². The van der Waals surface area contributed by atoms with Crippen LogP contribution in [0.4, 0.5) is 4.79 Å². The van der Waals surface area contributed by atoms with Crippen LogP contribution in [0.1, 0.15) is 41.0 Å². The van der Waals surface area contributed by atoms with Gasteiger partial charge in [0.15, 0.2) is 5.96 Å². The summed E-state index contributed by atoms with van der Waals surface area (Å²) >= 11 is 0. The first kappa shape index (κ1) is 19.3. The van der Waals surface area contributed by atoms with Gasteiger partial charge in [0, 0.05) is 38.6 Å². The minimum Gasteiger partial charge on any atom is -0.444 e. The first-order chi connectivity index (χ1) is 11.7. The average Bonchev–Trinajstić information content (AvgIpc) is 2.87. The van der Waals surface area contributed by atoms with Crippen molar-refractivity contribution in [3.05, 3.63) is 0 Å². The lowest BCUT2D eigenvalue weighted by Crippen LogP contribution is -2.57. The van der Waals surface area contributed by atoms with Crippen molar-refractivity contribution in [1.29, 1.82) is 0 Å². The number of amides is 2. The highest BCUT2D eigenvalue weighted by molar-refractivity contribution is 5.83. The van der Waals surface area contributed by atoms with Gasteiger partial charge in [-0.2, -0.15) is 0 Å². The molecule has 0 radical (unpaired) electrons. The van der Waals surface area contributed by atoms with E-state index in [1.165, 1.54) is 0 Å². The Morgan fingerprint density at radius 2 is 2.04 bits per heavy atom. The molecule has 1 fully saturated rings. The SMILES string of the molecule is CC(C)NC(=O)CCNC1=NCC2CN(C(=O)OC(C)(C)C)CCN12. The van der Waals surface area contributed by atoms with Gasteiger partial charge in [-0.15, -0.1) is 0 Å². The molecule has 2 aliphatic rings. The van der Waals surface area contributed by atoms with Crippen LogP contribution in [-0.2, 0) is 9.53 Å². The number of aliphatic imine (C=N–C) groups is 1. The summed E-state index contributed by atoms with van der Waals surface area (Å²) in [6.45, 7) is 12.6. The molecular weight excluding hydrogens is 322 g/mol. The lowest BCUT2D eigenvalue weighted by molar-refractivity contribution is -0.121. The number of fused-ring (bicyclic) bond motifs is 1. The third-order valence-electron chi connectivity index (χ3n) is 3.94. The summed E-state index contributed by atoms with van der Waals surface area (Å²) < 4.78 is 5.45. The Morgan fingerprint density at radius 1 is 1.32 bits per heavy atom. The van der Waals surface area contributed by atoms with Crippen LogP contribution in [0.2, 0.25) is 0 Å². The van der Waals surface area contributed by atoms with E-state index in [2.05, 4.69) is 20.5 Å². The Balaban J connectivity index is 1.76. The van der Waals surface area contributed by atoms with Gasteiger partial charge in [0.1, 0.15) is 5.60 Å². The molecule has 2 amide bonds. The molecule has 2 aliphatic heterocycles. The molecule has 142 valence electrons. The quantitative estimate of drug-likeness (QED) is 0.780. The third kappa shape index (κ3) is 5.79. The predicted octanol–water partition coefficient (Wildman–Crippen LogP) is 0.782. The van der Waals surface area contributed by atoms with E-state index in [1.807, 2.05) is 34.6 Å². The monoisotopic (exact) mass is 353 g/mol. The molecule has 1 unspecified atom stereocenters. The molecule has 0 saturated carbocycles. The van der Waals surface area contributed by atoms with Crippen molar-refractivity contribution in [1.82, 2.24) is 20.4 Å². The number of piperazine rings is 1. The maximum absolute atomic E-state index is 12.2. The summed E-state index contributed by atoms with van der Waals surface area (Å²) in [4.78, 5) is 32.3. The molecule has 1 saturated heterocycles. The summed E-state index contributed by atoms with van der Waals surface area (Å²) in [7, 11) is 0. The van der Waals surface area contributed by atoms with Crippen molar-refractivity contribution in [3.8, 4) is 0 Å². The lowest BCUT2D eigenvalue weighted by Gasteiger charge is -2.39. The second kappa shape index (κ2) is 7.93. The van der Waals surface area contributed by atoms with Crippen LogP contribution in [0, 0.1) is 0 Å². The van der Waals surface area contributed by atoms with Gasteiger partial charge in [0.25, 0.3) is 0 Å². The Labute approximate surface area is 150 Å². The smallest absolute Gasteiger partial charge is 0.410 e. The Morgan fingerprint density at radius 3 is 2.68 bits per heavy atom. The second-order valence-corrected chi connectivity index (χ2v) is 7.84. The van der Waals surface area contributed by atoms with Gasteiger partial charge in [0.2, 0.25) is 5.91 Å². The average molecular weight is 353 g/mol. The van der Waals surface area contributed by atoms with Crippen LogP contribution < -0.4 is 10.6 Å². The summed E-state index contributed by atoms with van der Waals surface area (Å²) in [6, 6.07) is 0.329.